The Morgan fingerprint density at radius 1 is 0.913 bits per heavy atom. The van der Waals surface area contributed by atoms with E-state index >= 15 is 0 Å². The van der Waals surface area contributed by atoms with Crippen molar-refractivity contribution in [3.8, 4) is 11.1 Å². The predicted octanol–water partition coefficient (Wildman–Crippen LogP) is 5.37. The third-order valence-electron chi connectivity index (χ3n) is 3.64. The molecule has 0 unspecified atom stereocenters. The zero-order valence-electron chi connectivity index (χ0n) is 13.0. The summed E-state index contributed by atoms with van der Waals surface area (Å²) in [5, 5.41) is 9.05. The van der Waals surface area contributed by atoms with E-state index in [1.165, 1.54) is 6.07 Å². The molecule has 2 aromatic rings. The summed E-state index contributed by atoms with van der Waals surface area (Å²) in [5.41, 5.74) is 0.289. The van der Waals surface area contributed by atoms with Gasteiger partial charge < -0.3 is 5.11 Å². The lowest BCUT2D eigenvalue weighted by Gasteiger charge is -2.19. The number of rotatable bonds is 2. The summed E-state index contributed by atoms with van der Waals surface area (Å²) in [5.74, 6) is -1.59. The van der Waals surface area contributed by atoms with Crippen LogP contribution >= 0.6 is 0 Å². The number of carboxylic acid groups (broad SMARTS) is 1. The first-order chi connectivity index (χ1) is 10.5. The van der Waals surface area contributed by atoms with Gasteiger partial charge >= 0.3 is 12.1 Å². The Hall–Kier alpha value is -2.30. The van der Waals surface area contributed by atoms with Gasteiger partial charge in [0.1, 0.15) is 0 Å². The molecule has 2 rings (SSSR count). The van der Waals surface area contributed by atoms with Gasteiger partial charge in [0.05, 0.1) is 11.1 Å². The van der Waals surface area contributed by atoms with E-state index in [0.717, 1.165) is 17.7 Å². The Morgan fingerprint density at radius 3 is 1.87 bits per heavy atom. The molecule has 0 saturated carbocycles. The number of carboxylic acids is 1. The highest BCUT2D eigenvalue weighted by atomic mass is 19.4. The maximum Gasteiger partial charge on any atom is 0.417 e. The van der Waals surface area contributed by atoms with E-state index in [4.69, 9.17) is 5.11 Å². The molecular weight excluding hydrogens is 305 g/mol. The fourth-order valence-corrected chi connectivity index (χ4v) is 2.31. The zero-order valence-corrected chi connectivity index (χ0v) is 13.0. The van der Waals surface area contributed by atoms with Gasteiger partial charge in [0, 0.05) is 0 Å². The second-order valence-electron chi connectivity index (χ2n) is 6.39. The number of aromatic carboxylic acids is 1. The minimum atomic E-state index is -4.69. The molecule has 122 valence electrons. The van der Waals surface area contributed by atoms with Crippen LogP contribution in [-0.2, 0) is 11.6 Å². The topological polar surface area (TPSA) is 37.3 Å². The molecule has 0 radical (unpaired) electrons. The smallest absolute Gasteiger partial charge is 0.417 e. The van der Waals surface area contributed by atoms with Crippen LogP contribution in [0.5, 0.6) is 0 Å². The zero-order chi connectivity index (χ0) is 17.4. The van der Waals surface area contributed by atoms with Crippen molar-refractivity contribution < 1.29 is 23.1 Å². The van der Waals surface area contributed by atoms with E-state index in [0.29, 0.717) is 11.1 Å². The van der Waals surface area contributed by atoms with E-state index in [9.17, 15) is 18.0 Å². The second-order valence-corrected chi connectivity index (χ2v) is 6.39. The Balaban J connectivity index is 2.49. The average Bonchev–Trinajstić information content (AvgIpc) is 2.45. The Morgan fingerprint density at radius 2 is 1.43 bits per heavy atom. The van der Waals surface area contributed by atoms with Crippen LogP contribution < -0.4 is 0 Å². The van der Waals surface area contributed by atoms with Crippen molar-refractivity contribution in [1.82, 2.24) is 0 Å². The minimum Gasteiger partial charge on any atom is -0.478 e. The average molecular weight is 322 g/mol. The van der Waals surface area contributed by atoms with Crippen LogP contribution in [0.1, 0.15) is 42.3 Å². The standard InChI is InChI=1S/C18H17F3O2/c1-17(2,3)13-7-4-11(5-8-13)12-6-9-15(18(19,20)21)14(10-12)16(22)23/h4-10H,1-3H3,(H,22,23). The van der Waals surface area contributed by atoms with E-state index < -0.39 is 23.3 Å². The summed E-state index contributed by atoms with van der Waals surface area (Å²) in [6, 6.07) is 10.5. The van der Waals surface area contributed by atoms with Crippen molar-refractivity contribution in [2.24, 2.45) is 0 Å². The minimum absolute atomic E-state index is 0.0368. The van der Waals surface area contributed by atoms with Crippen molar-refractivity contribution >= 4 is 5.97 Å². The van der Waals surface area contributed by atoms with Crippen molar-refractivity contribution in [2.45, 2.75) is 32.4 Å². The SMILES string of the molecule is CC(C)(C)c1ccc(-c2ccc(C(F)(F)F)c(C(=O)O)c2)cc1. The van der Waals surface area contributed by atoms with Crippen LogP contribution in [0.4, 0.5) is 13.2 Å². The molecule has 0 aliphatic heterocycles. The molecule has 2 nitrogen and oxygen atoms in total. The largest absolute Gasteiger partial charge is 0.478 e. The number of alkyl halides is 3. The highest BCUT2D eigenvalue weighted by Crippen LogP contribution is 2.35. The van der Waals surface area contributed by atoms with E-state index in [-0.39, 0.29) is 5.41 Å². The molecular formula is C18H17F3O2. The van der Waals surface area contributed by atoms with Gasteiger partial charge in [-0.15, -0.1) is 0 Å². The van der Waals surface area contributed by atoms with Gasteiger partial charge in [-0.3, -0.25) is 0 Å². The summed E-state index contributed by atoms with van der Waals surface area (Å²) in [4.78, 5) is 11.1. The third kappa shape index (κ3) is 3.73. The molecule has 0 fully saturated rings. The predicted molar refractivity (Wildman–Crippen MR) is 82.5 cm³/mol. The maximum atomic E-state index is 12.9. The van der Waals surface area contributed by atoms with Gasteiger partial charge in [-0.05, 0) is 34.2 Å². The molecule has 0 aliphatic carbocycles. The number of hydrogen-bond acceptors (Lipinski definition) is 1. The fraction of sp³-hybridized carbons (Fsp3) is 0.278. The molecule has 23 heavy (non-hydrogen) atoms. The Labute approximate surface area is 132 Å². The second kappa shape index (κ2) is 5.72. The van der Waals surface area contributed by atoms with Gasteiger partial charge in [0.2, 0.25) is 0 Å². The molecule has 0 heterocycles. The molecule has 0 atom stereocenters. The van der Waals surface area contributed by atoms with E-state index in [1.807, 2.05) is 12.1 Å². The molecule has 0 bridgehead atoms. The van der Waals surface area contributed by atoms with Crippen molar-refractivity contribution in [1.29, 1.82) is 0 Å². The van der Waals surface area contributed by atoms with Crippen LogP contribution in [0.15, 0.2) is 42.5 Å². The molecule has 1 N–H and O–H groups in total. The van der Waals surface area contributed by atoms with Gasteiger partial charge in [0.15, 0.2) is 0 Å². The first-order valence-corrected chi connectivity index (χ1v) is 7.05. The lowest BCUT2D eigenvalue weighted by Crippen LogP contribution is -2.13. The Kier molecular flexibility index (Phi) is 4.24. The fourth-order valence-electron chi connectivity index (χ4n) is 2.31. The number of carbonyl (C=O) groups is 1. The lowest BCUT2D eigenvalue weighted by atomic mass is 9.86. The maximum absolute atomic E-state index is 12.9. The Bertz CT molecular complexity index is 723. The highest BCUT2D eigenvalue weighted by Gasteiger charge is 2.35. The van der Waals surface area contributed by atoms with E-state index in [2.05, 4.69) is 20.8 Å². The van der Waals surface area contributed by atoms with Crippen LogP contribution in [0.25, 0.3) is 11.1 Å². The van der Waals surface area contributed by atoms with Gasteiger partial charge in [-0.2, -0.15) is 13.2 Å². The normalized spacial score (nSPS) is 12.3. The quantitative estimate of drug-likeness (QED) is 0.807. The number of hydrogen-bond donors (Lipinski definition) is 1. The summed E-state index contributed by atoms with van der Waals surface area (Å²) < 4.78 is 38.6. The highest BCUT2D eigenvalue weighted by molar-refractivity contribution is 5.91. The van der Waals surface area contributed by atoms with Gasteiger partial charge in [-0.1, -0.05) is 51.1 Å². The van der Waals surface area contributed by atoms with E-state index in [1.54, 1.807) is 12.1 Å². The van der Waals surface area contributed by atoms with Crippen molar-refractivity contribution in [2.75, 3.05) is 0 Å². The molecule has 2 aromatic carbocycles. The van der Waals surface area contributed by atoms with Gasteiger partial charge in [-0.25, -0.2) is 4.79 Å². The number of benzene rings is 2. The molecule has 0 saturated heterocycles. The first-order valence-electron chi connectivity index (χ1n) is 7.05. The van der Waals surface area contributed by atoms with Gasteiger partial charge in [0.25, 0.3) is 0 Å². The molecule has 0 aliphatic rings. The van der Waals surface area contributed by atoms with Crippen LogP contribution in [-0.4, -0.2) is 11.1 Å². The van der Waals surface area contributed by atoms with Crippen molar-refractivity contribution in [3.63, 3.8) is 0 Å². The summed E-state index contributed by atoms with van der Waals surface area (Å²) in [7, 11) is 0. The third-order valence-corrected chi connectivity index (χ3v) is 3.64. The van der Waals surface area contributed by atoms with Crippen LogP contribution in [0.3, 0.4) is 0 Å². The lowest BCUT2D eigenvalue weighted by molar-refractivity contribution is -0.138. The molecule has 0 aromatic heterocycles. The van der Waals surface area contributed by atoms with Crippen LogP contribution in [0.2, 0.25) is 0 Å². The summed E-state index contributed by atoms with van der Waals surface area (Å²) >= 11 is 0. The molecule has 0 spiro atoms. The molecule has 0 amide bonds. The summed E-state index contributed by atoms with van der Waals surface area (Å²) in [6.07, 6.45) is -4.69. The number of halogens is 3. The van der Waals surface area contributed by atoms with Crippen molar-refractivity contribution in [3.05, 3.63) is 59.2 Å². The van der Waals surface area contributed by atoms with Crippen LogP contribution in [0, 0.1) is 0 Å². The first kappa shape index (κ1) is 17.1. The monoisotopic (exact) mass is 322 g/mol. The molecule has 5 heteroatoms. The summed E-state index contributed by atoms with van der Waals surface area (Å²) in [6.45, 7) is 6.17.